The van der Waals surface area contributed by atoms with E-state index in [0.29, 0.717) is 15.0 Å². The molecule has 2 heterocycles. The Labute approximate surface area is 140 Å². The first-order chi connectivity index (χ1) is 10.0. The summed E-state index contributed by atoms with van der Waals surface area (Å²) in [5.74, 6) is 1.30. The molecule has 1 aromatic heterocycles. The summed E-state index contributed by atoms with van der Waals surface area (Å²) in [4.78, 5) is 14.0. The lowest BCUT2D eigenvalue weighted by atomic mass is 10.2. The fraction of sp³-hybridized carbons (Fsp3) is 0.0667. The van der Waals surface area contributed by atoms with E-state index < -0.39 is 0 Å². The number of benzene rings is 1. The number of nitrogens with zero attached hydrogens (tertiary/aromatic N) is 1. The van der Waals surface area contributed by atoms with Gasteiger partial charge in [0, 0.05) is 23.2 Å². The van der Waals surface area contributed by atoms with Crippen molar-refractivity contribution in [2.24, 2.45) is 0 Å². The third-order valence-corrected chi connectivity index (χ3v) is 4.97. The number of thiocarbonyl (C=S) groups is 1. The van der Waals surface area contributed by atoms with Crippen LogP contribution in [0, 0.1) is 0 Å². The summed E-state index contributed by atoms with van der Waals surface area (Å²) in [7, 11) is 1.67. The minimum atomic E-state index is -0.0922. The van der Waals surface area contributed by atoms with E-state index in [1.165, 1.54) is 16.7 Å². The summed E-state index contributed by atoms with van der Waals surface area (Å²) in [6.45, 7) is 0. The summed E-state index contributed by atoms with van der Waals surface area (Å²) in [6, 6.07) is 11.6. The maximum atomic E-state index is 11.9. The number of halogens is 1. The van der Waals surface area contributed by atoms with Crippen LogP contribution in [0.4, 0.5) is 0 Å². The Morgan fingerprint density at radius 3 is 2.81 bits per heavy atom. The number of furan rings is 1. The van der Waals surface area contributed by atoms with Crippen LogP contribution in [0.15, 0.2) is 50.2 Å². The molecule has 1 amide bonds. The van der Waals surface area contributed by atoms with Crippen LogP contribution in [-0.4, -0.2) is 22.2 Å². The molecule has 0 radical (unpaired) electrons. The van der Waals surface area contributed by atoms with E-state index in [9.17, 15) is 4.79 Å². The van der Waals surface area contributed by atoms with Gasteiger partial charge in [-0.15, -0.1) is 0 Å². The molecule has 21 heavy (non-hydrogen) atoms. The predicted molar refractivity (Wildman–Crippen MR) is 92.8 cm³/mol. The van der Waals surface area contributed by atoms with Crippen LogP contribution in [0.25, 0.3) is 17.4 Å². The van der Waals surface area contributed by atoms with Crippen molar-refractivity contribution in [2.75, 3.05) is 7.05 Å². The second kappa shape index (κ2) is 5.79. The zero-order valence-electron chi connectivity index (χ0n) is 11.0. The van der Waals surface area contributed by atoms with Gasteiger partial charge in [0.25, 0.3) is 5.91 Å². The molecule has 0 aliphatic carbocycles. The van der Waals surface area contributed by atoms with Crippen LogP contribution in [0.3, 0.4) is 0 Å². The molecule has 0 N–H and O–H groups in total. The third kappa shape index (κ3) is 2.97. The van der Waals surface area contributed by atoms with Gasteiger partial charge in [-0.1, -0.05) is 52.0 Å². The van der Waals surface area contributed by atoms with Gasteiger partial charge in [0.2, 0.25) is 0 Å². The summed E-state index contributed by atoms with van der Waals surface area (Å²) < 4.78 is 7.33. The van der Waals surface area contributed by atoms with Gasteiger partial charge in [-0.3, -0.25) is 9.69 Å². The minimum absolute atomic E-state index is 0.0922. The first-order valence-corrected chi connectivity index (χ1v) is 8.14. The van der Waals surface area contributed by atoms with Crippen LogP contribution in [0.5, 0.6) is 0 Å². The number of hydrogen-bond acceptors (Lipinski definition) is 4. The first kappa shape index (κ1) is 14.6. The molecule has 0 unspecified atom stereocenters. The molecule has 1 saturated heterocycles. The highest BCUT2D eigenvalue weighted by Gasteiger charge is 2.28. The Morgan fingerprint density at radius 1 is 1.33 bits per heavy atom. The van der Waals surface area contributed by atoms with Gasteiger partial charge in [0.05, 0.1) is 4.91 Å². The topological polar surface area (TPSA) is 33.5 Å². The zero-order valence-corrected chi connectivity index (χ0v) is 14.2. The van der Waals surface area contributed by atoms with E-state index in [-0.39, 0.29) is 5.91 Å². The van der Waals surface area contributed by atoms with Crippen molar-refractivity contribution in [3.05, 3.63) is 51.5 Å². The maximum Gasteiger partial charge on any atom is 0.266 e. The van der Waals surface area contributed by atoms with E-state index in [4.69, 9.17) is 16.6 Å². The van der Waals surface area contributed by atoms with Gasteiger partial charge >= 0.3 is 0 Å². The lowest BCUT2D eigenvalue weighted by Crippen LogP contribution is -2.22. The van der Waals surface area contributed by atoms with Crippen LogP contribution in [-0.2, 0) is 4.79 Å². The van der Waals surface area contributed by atoms with Gasteiger partial charge in [0.15, 0.2) is 0 Å². The Kier molecular flexibility index (Phi) is 4.01. The average Bonchev–Trinajstić information content (AvgIpc) is 3.01. The SMILES string of the molecule is CN1C(=O)C(=Cc2ccc(-c3cccc(Br)c3)o2)SC1=S. The molecular formula is C15H10BrNO2S2. The Balaban J connectivity index is 1.89. The van der Waals surface area contributed by atoms with Crippen molar-refractivity contribution in [3.63, 3.8) is 0 Å². The Hall–Kier alpha value is -1.37. The molecule has 106 valence electrons. The van der Waals surface area contributed by atoms with Crippen molar-refractivity contribution in [1.82, 2.24) is 4.90 Å². The predicted octanol–water partition coefficient (Wildman–Crippen LogP) is 4.54. The van der Waals surface area contributed by atoms with Gasteiger partial charge in [-0.05, 0) is 24.3 Å². The standard InChI is InChI=1S/C15H10BrNO2S2/c1-17-14(18)13(21-15(17)20)8-11-5-6-12(19-11)9-3-2-4-10(16)7-9/h2-8H,1H3. The average molecular weight is 380 g/mol. The highest BCUT2D eigenvalue weighted by molar-refractivity contribution is 9.10. The van der Waals surface area contributed by atoms with Crippen molar-refractivity contribution in [1.29, 1.82) is 0 Å². The van der Waals surface area contributed by atoms with E-state index >= 15 is 0 Å². The molecule has 0 spiro atoms. The smallest absolute Gasteiger partial charge is 0.266 e. The van der Waals surface area contributed by atoms with Gasteiger partial charge < -0.3 is 4.42 Å². The quantitative estimate of drug-likeness (QED) is 0.566. The summed E-state index contributed by atoms with van der Waals surface area (Å²) in [6.07, 6.45) is 1.73. The highest BCUT2D eigenvalue weighted by atomic mass is 79.9. The molecule has 6 heteroatoms. The van der Waals surface area contributed by atoms with Gasteiger partial charge in [-0.2, -0.15) is 0 Å². The summed E-state index contributed by atoms with van der Waals surface area (Å²) in [5, 5.41) is 0. The molecule has 3 rings (SSSR count). The van der Waals surface area contributed by atoms with Crippen LogP contribution < -0.4 is 0 Å². The number of carbonyl (C=O) groups is 1. The molecule has 1 aromatic carbocycles. The highest BCUT2D eigenvalue weighted by Crippen LogP contribution is 2.32. The minimum Gasteiger partial charge on any atom is -0.457 e. The molecule has 0 atom stereocenters. The van der Waals surface area contributed by atoms with Crippen molar-refractivity contribution >= 4 is 56.2 Å². The zero-order chi connectivity index (χ0) is 15.0. The summed E-state index contributed by atoms with van der Waals surface area (Å²) in [5.41, 5.74) is 0.979. The molecule has 1 fully saturated rings. The van der Waals surface area contributed by atoms with Crippen molar-refractivity contribution in [2.45, 2.75) is 0 Å². The molecule has 0 bridgehead atoms. The van der Waals surface area contributed by atoms with Gasteiger partial charge in [0.1, 0.15) is 15.8 Å². The Bertz CT molecular complexity index is 767. The summed E-state index contributed by atoms with van der Waals surface area (Å²) >= 11 is 9.82. The second-order valence-corrected chi connectivity index (χ2v) is 7.04. The lowest BCUT2D eigenvalue weighted by molar-refractivity contribution is -0.121. The lowest BCUT2D eigenvalue weighted by Gasteiger charge is -2.03. The maximum absolute atomic E-state index is 11.9. The number of thioether (sulfide) groups is 1. The van der Waals surface area contributed by atoms with E-state index in [1.807, 2.05) is 36.4 Å². The monoisotopic (exact) mass is 379 g/mol. The normalized spacial score (nSPS) is 17.0. The fourth-order valence-corrected chi connectivity index (χ4v) is 3.46. The molecule has 3 nitrogen and oxygen atoms in total. The first-order valence-electron chi connectivity index (χ1n) is 6.12. The molecule has 2 aromatic rings. The van der Waals surface area contributed by atoms with Crippen LogP contribution in [0.2, 0.25) is 0 Å². The van der Waals surface area contributed by atoms with Crippen molar-refractivity contribution < 1.29 is 9.21 Å². The number of amides is 1. The largest absolute Gasteiger partial charge is 0.457 e. The fourth-order valence-electron chi connectivity index (χ4n) is 1.90. The number of carbonyl (C=O) groups excluding carboxylic acids is 1. The second-order valence-electron chi connectivity index (χ2n) is 4.45. The van der Waals surface area contributed by atoms with E-state index in [1.54, 1.807) is 13.1 Å². The van der Waals surface area contributed by atoms with E-state index in [0.717, 1.165) is 15.8 Å². The van der Waals surface area contributed by atoms with Gasteiger partial charge in [-0.25, -0.2) is 0 Å². The van der Waals surface area contributed by atoms with E-state index in [2.05, 4.69) is 15.9 Å². The Morgan fingerprint density at radius 2 is 2.14 bits per heavy atom. The van der Waals surface area contributed by atoms with Crippen LogP contribution in [0.1, 0.15) is 5.76 Å². The van der Waals surface area contributed by atoms with Crippen LogP contribution >= 0.6 is 39.9 Å². The number of hydrogen-bond donors (Lipinski definition) is 0. The van der Waals surface area contributed by atoms with Crippen molar-refractivity contribution in [3.8, 4) is 11.3 Å². The molecular weight excluding hydrogens is 370 g/mol. The molecule has 0 saturated carbocycles. The molecule has 1 aliphatic rings. The molecule has 1 aliphatic heterocycles. The third-order valence-electron chi connectivity index (χ3n) is 3.00. The number of likely N-dealkylation sites (N-methyl/N-ethyl adjacent to an activating group) is 1. The number of rotatable bonds is 2.